The van der Waals surface area contributed by atoms with Crippen LogP contribution in [0.4, 0.5) is 4.79 Å². The summed E-state index contributed by atoms with van der Waals surface area (Å²) in [7, 11) is 0. The number of amides is 1. The van der Waals surface area contributed by atoms with E-state index in [2.05, 4.69) is 17.5 Å². The molecule has 2 bridgehead atoms. The van der Waals surface area contributed by atoms with Crippen molar-refractivity contribution in [2.24, 2.45) is 17.8 Å². The Hall–Kier alpha value is -0.990. The fraction of sp³-hybridized carbons (Fsp3) is 0.700. The van der Waals surface area contributed by atoms with E-state index in [9.17, 15) is 4.79 Å². The Morgan fingerprint density at radius 1 is 1.38 bits per heavy atom. The second-order valence-electron chi connectivity index (χ2n) is 4.27. The number of hydrogen-bond donors (Lipinski definition) is 1. The molecule has 13 heavy (non-hydrogen) atoms. The maximum Gasteiger partial charge on any atom is 0.407 e. The molecular formula is C10H13NO2. The molecule has 4 atom stereocenters. The third-order valence-electron chi connectivity index (χ3n) is 3.51. The molecule has 1 amide bonds. The van der Waals surface area contributed by atoms with E-state index < -0.39 is 0 Å². The van der Waals surface area contributed by atoms with E-state index in [1.807, 2.05) is 0 Å². The molecule has 70 valence electrons. The van der Waals surface area contributed by atoms with Gasteiger partial charge in [0.25, 0.3) is 0 Å². The highest BCUT2D eigenvalue weighted by Crippen LogP contribution is 2.45. The largest absolute Gasteiger partial charge is 0.444 e. The first kappa shape index (κ1) is 7.42. The normalized spacial score (nSPS) is 46.6. The monoisotopic (exact) mass is 179 g/mol. The van der Waals surface area contributed by atoms with Crippen LogP contribution in [0.1, 0.15) is 12.8 Å². The van der Waals surface area contributed by atoms with Gasteiger partial charge < -0.3 is 10.1 Å². The first-order valence-corrected chi connectivity index (χ1v) is 4.96. The molecule has 1 saturated carbocycles. The summed E-state index contributed by atoms with van der Waals surface area (Å²) in [6.45, 7) is 0.709. The van der Waals surface area contributed by atoms with Gasteiger partial charge >= 0.3 is 6.09 Å². The van der Waals surface area contributed by atoms with E-state index in [1.54, 1.807) is 0 Å². The minimum absolute atomic E-state index is 0.132. The lowest BCUT2D eigenvalue weighted by Crippen LogP contribution is -2.27. The SMILES string of the molecule is O=C1NCC(C2CC3C=CC2C3)O1. The molecule has 0 spiro atoms. The van der Waals surface area contributed by atoms with Crippen LogP contribution in [0, 0.1) is 17.8 Å². The molecule has 2 fully saturated rings. The van der Waals surface area contributed by atoms with Gasteiger partial charge in [-0.2, -0.15) is 0 Å². The van der Waals surface area contributed by atoms with Gasteiger partial charge in [-0.3, -0.25) is 0 Å². The zero-order valence-corrected chi connectivity index (χ0v) is 7.40. The Labute approximate surface area is 77.1 Å². The van der Waals surface area contributed by atoms with Gasteiger partial charge in [0.05, 0.1) is 6.54 Å². The van der Waals surface area contributed by atoms with E-state index >= 15 is 0 Å². The number of ether oxygens (including phenoxy) is 1. The van der Waals surface area contributed by atoms with Crippen LogP contribution >= 0.6 is 0 Å². The van der Waals surface area contributed by atoms with Crippen LogP contribution in [0.2, 0.25) is 0 Å². The van der Waals surface area contributed by atoms with Gasteiger partial charge in [-0.1, -0.05) is 12.2 Å². The zero-order valence-electron chi connectivity index (χ0n) is 7.40. The van der Waals surface area contributed by atoms with E-state index in [4.69, 9.17) is 4.74 Å². The van der Waals surface area contributed by atoms with Crippen LogP contribution in [0.15, 0.2) is 12.2 Å². The summed E-state index contributed by atoms with van der Waals surface area (Å²) in [6.07, 6.45) is 6.99. The Balaban J connectivity index is 1.73. The van der Waals surface area contributed by atoms with Crippen molar-refractivity contribution in [2.45, 2.75) is 18.9 Å². The Bertz CT molecular complexity index is 274. The van der Waals surface area contributed by atoms with Gasteiger partial charge in [-0.15, -0.1) is 0 Å². The van der Waals surface area contributed by atoms with Crippen LogP contribution in [0.25, 0.3) is 0 Å². The number of carbonyl (C=O) groups is 1. The standard InChI is InChI=1S/C10H13NO2/c12-10-11-5-9(13-10)8-4-6-1-2-7(8)3-6/h1-2,6-9H,3-5H2,(H,11,12). The maximum absolute atomic E-state index is 10.9. The minimum Gasteiger partial charge on any atom is -0.444 e. The summed E-state index contributed by atoms with van der Waals surface area (Å²) in [6, 6.07) is 0. The molecule has 1 aliphatic heterocycles. The molecule has 3 nitrogen and oxygen atoms in total. The van der Waals surface area contributed by atoms with Gasteiger partial charge in [0.15, 0.2) is 0 Å². The lowest BCUT2D eigenvalue weighted by molar-refractivity contribution is 0.0950. The molecular weight excluding hydrogens is 166 g/mol. The van der Waals surface area contributed by atoms with E-state index in [-0.39, 0.29) is 12.2 Å². The van der Waals surface area contributed by atoms with E-state index in [0.717, 1.165) is 5.92 Å². The van der Waals surface area contributed by atoms with Gasteiger partial charge in [-0.05, 0) is 24.7 Å². The molecule has 1 saturated heterocycles. The number of rotatable bonds is 1. The number of hydrogen-bond acceptors (Lipinski definition) is 2. The predicted molar refractivity (Wildman–Crippen MR) is 47.1 cm³/mol. The fourth-order valence-corrected chi connectivity index (χ4v) is 2.89. The van der Waals surface area contributed by atoms with E-state index in [1.165, 1.54) is 12.8 Å². The quantitative estimate of drug-likeness (QED) is 0.616. The number of allylic oxidation sites excluding steroid dienone is 2. The number of alkyl carbamates (subject to hydrolysis) is 1. The second kappa shape index (κ2) is 2.50. The molecule has 1 N–H and O–H groups in total. The molecule has 3 rings (SSSR count). The van der Waals surface area contributed by atoms with Crippen LogP contribution in [-0.4, -0.2) is 18.7 Å². The van der Waals surface area contributed by atoms with Crippen molar-refractivity contribution in [1.29, 1.82) is 0 Å². The first-order chi connectivity index (χ1) is 6.33. The Morgan fingerprint density at radius 3 is 2.85 bits per heavy atom. The smallest absolute Gasteiger partial charge is 0.407 e. The Kier molecular flexibility index (Phi) is 1.43. The van der Waals surface area contributed by atoms with Crippen LogP contribution in [0.3, 0.4) is 0 Å². The summed E-state index contributed by atoms with van der Waals surface area (Å²) in [5, 5.41) is 2.72. The van der Waals surface area contributed by atoms with Gasteiger partial charge in [0.1, 0.15) is 6.10 Å². The average molecular weight is 179 g/mol. The van der Waals surface area contributed by atoms with Gasteiger partial charge in [0, 0.05) is 5.92 Å². The van der Waals surface area contributed by atoms with Crippen molar-refractivity contribution >= 4 is 6.09 Å². The molecule has 0 aromatic rings. The maximum atomic E-state index is 10.9. The first-order valence-electron chi connectivity index (χ1n) is 4.96. The minimum atomic E-state index is -0.239. The summed E-state index contributed by atoms with van der Waals surface area (Å²) in [5.41, 5.74) is 0. The lowest BCUT2D eigenvalue weighted by Gasteiger charge is -2.22. The topological polar surface area (TPSA) is 38.3 Å². The highest BCUT2D eigenvalue weighted by atomic mass is 16.6. The summed E-state index contributed by atoms with van der Waals surface area (Å²) in [4.78, 5) is 10.9. The number of fused-ring (bicyclic) bond motifs is 2. The number of carbonyl (C=O) groups excluding carboxylic acids is 1. The Morgan fingerprint density at radius 2 is 2.31 bits per heavy atom. The van der Waals surface area contributed by atoms with Gasteiger partial charge in [0.2, 0.25) is 0 Å². The van der Waals surface area contributed by atoms with Crippen molar-refractivity contribution < 1.29 is 9.53 Å². The number of nitrogens with one attached hydrogen (secondary N) is 1. The van der Waals surface area contributed by atoms with Gasteiger partial charge in [-0.25, -0.2) is 4.79 Å². The summed E-state index contributed by atoms with van der Waals surface area (Å²) >= 11 is 0. The lowest BCUT2D eigenvalue weighted by atomic mass is 9.88. The number of cyclic esters (lactones) is 1. The van der Waals surface area contributed by atoms with Crippen molar-refractivity contribution in [3.63, 3.8) is 0 Å². The molecule has 0 aromatic carbocycles. The highest BCUT2D eigenvalue weighted by Gasteiger charge is 2.43. The average Bonchev–Trinajstić information content (AvgIpc) is 2.77. The zero-order chi connectivity index (χ0) is 8.84. The molecule has 4 unspecified atom stereocenters. The van der Waals surface area contributed by atoms with Crippen LogP contribution < -0.4 is 5.32 Å². The molecule has 0 radical (unpaired) electrons. The molecule has 1 heterocycles. The molecule has 2 aliphatic carbocycles. The summed E-state index contributed by atoms with van der Waals surface area (Å²) in [5.74, 6) is 2.01. The second-order valence-corrected chi connectivity index (χ2v) is 4.27. The third kappa shape index (κ3) is 1.06. The van der Waals surface area contributed by atoms with E-state index in [0.29, 0.717) is 18.4 Å². The third-order valence-corrected chi connectivity index (χ3v) is 3.51. The van der Waals surface area contributed by atoms with Crippen molar-refractivity contribution in [2.75, 3.05) is 6.54 Å². The predicted octanol–water partition coefficient (Wildman–Crippen LogP) is 1.31. The van der Waals surface area contributed by atoms with Crippen LogP contribution in [-0.2, 0) is 4.74 Å². The van der Waals surface area contributed by atoms with Crippen molar-refractivity contribution in [3.05, 3.63) is 12.2 Å². The van der Waals surface area contributed by atoms with Crippen molar-refractivity contribution in [3.8, 4) is 0 Å². The molecule has 3 heteroatoms. The molecule has 3 aliphatic rings. The molecule has 0 aromatic heterocycles. The van der Waals surface area contributed by atoms with Crippen molar-refractivity contribution in [1.82, 2.24) is 5.32 Å². The fourth-order valence-electron chi connectivity index (χ4n) is 2.89. The summed E-state index contributed by atoms with van der Waals surface area (Å²) < 4.78 is 5.21. The van der Waals surface area contributed by atoms with Crippen LogP contribution in [0.5, 0.6) is 0 Å². The highest BCUT2D eigenvalue weighted by molar-refractivity contribution is 5.69.